The Kier molecular flexibility index (Phi) is 8.89. The summed E-state index contributed by atoms with van der Waals surface area (Å²) in [6.07, 6.45) is 14.1. The van der Waals surface area contributed by atoms with Crippen molar-refractivity contribution < 1.29 is 10.2 Å². The van der Waals surface area contributed by atoms with Crippen LogP contribution in [0.1, 0.15) is 126 Å². The lowest BCUT2D eigenvalue weighted by atomic mass is 9.35. The van der Waals surface area contributed by atoms with Gasteiger partial charge in [-0.15, -0.1) is 29.3 Å². The predicted molar refractivity (Wildman–Crippen MR) is 170 cm³/mol. The van der Waals surface area contributed by atoms with Gasteiger partial charge in [0.25, 0.3) is 0 Å². The summed E-state index contributed by atoms with van der Waals surface area (Å²) in [6.45, 7) is 16.9. The number of aliphatic hydroxyl groups is 2. The Morgan fingerprint density at radius 1 is 0.872 bits per heavy atom. The van der Waals surface area contributed by atoms with Crippen LogP contribution in [0.15, 0.2) is 16.9 Å². The fourth-order valence-electron chi connectivity index (χ4n) is 10.3. The Labute approximate surface area is 249 Å². The average Bonchev–Trinajstić information content (AvgIpc) is 2.91. The van der Waals surface area contributed by atoms with Crippen LogP contribution in [0.3, 0.4) is 0 Å². The van der Waals surface area contributed by atoms with Crippen LogP contribution in [-0.2, 0) is 0 Å². The van der Waals surface area contributed by atoms with E-state index in [1.807, 2.05) is 23.5 Å². The second-order valence-electron chi connectivity index (χ2n) is 15.7. The molecule has 2 nitrogen and oxygen atoms in total. The van der Waals surface area contributed by atoms with Crippen LogP contribution in [0, 0.1) is 45.3 Å². The van der Waals surface area contributed by atoms with Crippen LogP contribution < -0.4 is 0 Å². The number of fused-ring (bicyclic) bond motifs is 5. The monoisotopic (exact) mass is 574 g/mol. The molecule has 5 rings (SSSR count). The van der Waals surface area contributed by atoms with E-state index in [-0.39, 0.29) is 23.0 Å². The van der Waals surface area contributed by atoms with Crippen molar-refractivity contribution in [1.29, 1.82) is 0 Å². The maximum Gasteiger partial charge on any atom is 0.0849 e. The summed E-state index contributed by atoms with van der Waals surface area (Å²) in [7, 11) is 0. The van der Waals surface area contributed by atoms with Crippen molar-refractivity contribution >= 4 is 23.5 Å². The van der Waals surface area contributed by atoms with Gasteiger partial charge in [-0.05, 0) is 133 Å². The van der Waals surface area contributed by atoms with Crippen LogP contribution in [0.2, 0.25) is 0 Å². The lowest BCUT2D eigenvalue weighted by Crippen LogP contribution is -2.62. The maximum atomic E-state index is 12.2. The molecule has 0 spiro atoms. The standard InChI is InChI=1S/C35H58O2S2/c1-23(2)25-12-17-35(30(37)31-38-20-9-21-39-31)19-18-33(6)26(27(35)22-25)10-11-29-32(5,14-8-15-34(29,33)7)16-13-28(36)24(3)4/h23-24,26,28-31,36-37H,8-21H2,1-7H3. The third-order valence-electron chi connectivity index (χ3n) is 13.1. The first-order chi connectivity index (χ1) is 18.4. The van der Waals surface area contributed by atoms with Gasteiger partial charge >= 0.3 is 0 Å². The van der Waals surface area contributed by atoms with Crippen LogP contribution >= 0.6 is 23.5 Å². The summed E-state index contributed by atoms with van der Waals surface area (Å²) in [6, 6.07) is 0. The van der Waals surface area contributed by atoms with Gasteiger partial charge in [0, 0.05) is 5.41 Å². The van der Waals surface area contributed by atoms with Crippen molar-refractivity contribution in [2.75, 3.05) is 11.5 Å². The molecule has 4 fully saturated rings. The Morgan fingerprint density at radius 2 is 1.59 bits per heavy atom. The Bertz CT molecular complexity index is 962. The smallest absolute Gasteiger partial charge is 0.0849 e. The van der Waals surface area contributed by atoms with Crippen molar-refractivity contribution in [2.45, 2.75) is 142 Å². The fourth-order valence-corrected chi connectivity index (χ4v) is 13.4. The first kappa shape index (κ1) is 30.6. The molecule has 0 aromatic heterocycles. The van der Waals surface area contributed by atoms with Crippen molar-refractivity contribution in [1.82, 2.24) is 0 Å². The molecular weight excluding hydrogens is 517 g/mol. The van der Waals surface area contributed by atoms with Crippen molar-refractivity contribution in [3.05, 3.63) is 16.9 Å². The van der Waals surface area contributed by atoms with E-state index < -0.39 is 0 Å². The lowest BCUT2D eigenvalue weighted by Gasteiger charge is -2.69. The largest absolute Gasteiger partial charge is 0.393 e. The van der Waals surface area contributed by atoms with E-state index in [4.69, 9.17) is 0 Å². The van der Waals surface area contributed by atoms with Gasteiger partial charge in [-0.2, -0.15) is 0 Å². The second kappa shape index (κ2) is 11.3. The van der Waals surface area contributed by atoms with Crippen LogP contribution in [0.5, 0.6) is 0 Å². The van der Waals surface area contributed by atoms with Crippen molar-refractivity contribution in [3.8, 4) is 0 Å². The van der Waals surface area contributed by atoms with E-state index in [0.29, 0.717) is 33.2 Å². The SMILES string of the molecule is CC(C)C1=C=C2C3CCC4C(C)(CCC(O)C(C)C)CCCC4(C)C3(C)CCC2(C(O)C2SCCCS2)CC1. The Morgan fingerprint density at radius 3 is 2.26 bits per heavy atom. The number of rotatable bonds is 7. The third kappa shape index (κ3) is 5.07. The molecule has 5 aliphatic rings. The van der Waals surface area contributed by atoms with Gasteiger partial charge in [0.2, 0.25) is 0 Å². The highest BCUT2D eigenvalue weighted by atomic mass is 32.2. The molecule has 0 amide bonds. The van der Waals surface area contributed by atoms with Gasteiger partial charge < -0.3 is 10.2 Å². The Hall–Kier alpha value is 0.140. The number of aliphatic hydroxyl groups excluding tert-OH is 2. The van der Waals surface area contributed by atoms with E-state index in [1.165, 1.54) is 62.0 Å². The molecule has 2 N–H and O–H groups in total. The van der Waals surface area contributed by atoms with Gasteiger partial charge in [0.1, 0.15) is 0 Å². The lowest BCUT2D eigenvalue weighted by molar-refractivity contribution is -0.177. The van der Waals surface area contributed by atoms with Crippen LogP contribution in [-0.4, -0.2) is 38.5 Å². The van der Waals surface area contributed by atoms with E-state index in [1.54, 1.807) is 5.57 Å². The highest BCUT2D eigenvalue weighted by Crippen LogP contribution is 2.73. The van der Waals surface area contributed by atoms with Crippen molar-refractivity contribution in [2.24, 2.45) is 45.3 Å². The molecule has 0 bridgehead atoms. The summed E-state index contributed by atoms with van der Waals surface area (Å²) >= 11 is 4.04. The van der Waals surface area contributed by atoms with Gasteiger partial charge in [-0.1, -0.05) is 54.9 Å². The fraction of sp³-hybridized carbons (Fsp3) is 0.914. The summed E-state index contributed by atoms with van der Waals surface area (Å²) in [5, 5.41) is 22.9. The molecule has 8 unspecified atom stereocenters. The second-order valence-corrected chi connectivity index (χ2v) is 18.5. The quantitative estimate of drug-likeness (QED) is 0.297. The topological polar surface area (TPSA) is 40.5 Å². The van der Waals surface area contributed by atoms with Gasteiger partial charge in [-0.3, -0.25) is 0 Å². The predicted octanol–water partition coefficient (Wildman–Crippen LogP) is 9.25. The molecule has 8 atom stereocenters. The molecule has 1 saturated heterocycles. The molecule has 1 aliphatic heterocycles. The zero-order valence-electron chi connectivity index (χ0n) is 26.2. The zero-order chi connectivity index (χ0) is 28.2. The highest BCUT2D eigenvalue weighted by molar-refractivity contribution is 8.17. The molecule has 4 heteroatoms. The van der Waals surface area contributed by atoms with Crippen LogP contribution in [0.25, 0.3) is 0 Å². The number of hydrogen-bond donors (Lipinski definition) is 2. The van der Waals surface area contributed by atoms with E-state index >= 15 is 0 Å². The normalized spacial score (nSPS) is 42.7. The minimum absolute atomic E-state index is 0.0763. The molecular formula is C35H58O2S2. The zero-order valence-corrected chi connectivity index (χ0v) is 27.8. The minimum atomic E-state index is -0.256. The van der Waals surface area contributed by atoms with E-state index in [0.717, 1.165) is 38.0 Å². The first-order valence-electron chi connectivity index (χ1n) is 16.5. The minimum Gasteiger partial charge on any atom is -0.393 e. The summed E-state index contributed by atoms with van der Waals surface area (Å²) < 4.78 is 0.317. The average molecular weight is 575 g/mol. The van der Waals surface area contributed by atoms with Gasteiger partial charge in [0.05, 0.1) is 16.8 Å². The maximum absolute atomic E-state index is 12.2. The summed E-state index contributed by atoms with van der Waals surface area (Å²) in [5.41, 5.74) is 8.01. The first-order valence-corrected chi connectivity index (χ1v) is 18.6. The summed E-state index contributed by atoms with van der Waals surface area (Å²) in [5.74, 6) is 4.54. The van der Waals surface area contributed by atoms with E-state index in [9.17, 15) is 10.2 Å². The Balaban J connectivity index is 1.51. The molecule has 0 aromatic rings. The molecule has 0 aromatic carbocycles. The third-order valence-corrected chi connectivity index (χ3v) is 16.2. The van der Waals surface area contributed by atoms with Gasteiger partial charge in [0.15, 0.2) is 0 Å². The summed E-state index contributed by atoms with van der Waals surface area (Å²) in [4.78, 5) is 0. The van der Waals surface area contributed by atoms with Crippen molar-refractivity contribution in [3.63, 3.8) is 0 Å². The number of hydrogen-bond acceptors (Lipinski definition) is 4. The molecule has 3 saturated carbocycles. The number of thioether (sulfide) groups is 2. The van der Waals surface area contributed by atoms with E-state index in [2.05, 4.69) is 54.2 Å². The molecule has 4 aliphatic carbocycles. The highest BCUT2D eigenvalue weighted by Gasteiger charge is 2.66. The molecule has 1 heterocycles. The molecule has 39 heavy (non-hydrogen) atoms. The van der Waals surface area contributed by atoms with Gasteiger partial charge in [-0.25, -0.2) is 0 Å². The van der Waals surface area contributed by atoms with Crippen LogP contribution in [0.4, 0.5) is 0 Å². The molecule has 0 radical (unpaired) electrons. The molecule has 222 valence electrons.